The predicted molar refractivity (Wildman–Crippen MR) is 97.1 cm³/mol. The largest absolute Gasteiger partial charge is 0.353 e. The molecular weight excluding hydrogens is 332 g/mol. The van der Waals surface area contributed by atoms with E-state index in [1.807, 2.05) is 32.8 Å². The van der Waals surface area contributed by atoms with Crippen LogP contribution in [-0.2, 0) is 16.1 Å². The number of rotatable bonds is 9. The van der Waals surface area contributed by atoms with Gasteiger partial charge in [0.05, 0.1) is 17.9 Å². The van der Waals surface area contributed by atoms with Crippen molar-refractivity contribution in [3.05, 3.63) is 12.4 Å². The van der Waals surface area contributed by atoms with Crippen molar-refractivity contribution < 1.29 is 9.59 Å². The number of nitrogens with zero attached hydrogens (tertiary/aromatic N) is 3. The average Bonchev–Trinajstić information content (AvgIpc) is 2.91. The number of nitrogens with one attached hydrogen (secondary N) is 2. The number of anilines is 1. The molecule has 0 saturated heterocycles. The van der Waals surface area contributed by atoms with Crippen LogP contribution in [0.2, 0.25) is 0 Å². The van der Waals surface area contributed by atoms with Crippen molar-refractivity contribution in [1.29, 1.82) is 0 Å². The van der Waals surface area contributed by atoms with Gasteiger partial charge in [-0.2, -0.15) is 5.10 Å². The summed E-state index contributed by atoms with van der Waals surface area (Å²) in [5.41, 5.74) is 6.42. The number of carbonyl (C=O) groups excluding carboxylic acids is 2. The van der Waals surface area contributed by atoms with E-state index in [0.29, 0.717) is 12.2 Å². The van der Waals surface area contributed by atoms with Crippen molar-refractivity contribution in [1.82, 2.24) is 20.0 Å². The van der Waals surface area contributed by atoms with Gasteiger partial charge >= 0.3 is 0 Å². The molecule has 138 valence electrons. The standard InChI is InChI=1S/C15H28N6O2.ClH/c1-5-11(2)14(16)15(23)19-12-8-18-21(9-12)10-13(22)17-6-7-20(3)4;/h8-9,11,14H,5-7,10,16H2,1-4H3,(H,17,22)(H,19,23);1H. The number of halogens is 1. The van der Waals surface area contributed by atoms with Crippen LogP contribution in [0.25, 0.3) is 0 Å². The van der Waals surface area contributed by atoms with Gasteiger partial charge in [-0.05, 0) is 20.0 Å². The predicted octanol–water partition coefficient (Wildman–Crippen LogP) is 0.295. The topological polar surface area (TPSA) is 105 Å². The van der Waals surface area contributed by atoms with Crippen molar-refractivity contribution in [2.45, 2.75) is 32.9 Å². The second-order valence-electron chi connectivity index (χ2n) is 5.98. The van der Waals surface area contributed by atoms with E-state index in [1.165, 1.54) is 10.9 Å². The van der Waals surface area contributed by atoms with Crippen LogP contribution in [-0.4, -0.2) is 59.7 Å². The van der Waals surface area contributed by atoms with Gasteiger partial charge in [0.2, 0.25) is 11.8 Å². The summed E-state index contributed by atoms with van der Waals surface area (Å²) in [5, 5.41) is 9.59. The molecule has 4 N–H and O–H groups in total. The van der Waals surface area contributed by atoms with Crippen LogP contribution in [0, 0.1) is 5.92 Å². The number of aromatic nitrogens is 2. The van der Waals surface area contributed by atoms with Crippen LogP contribution in [0.4, 0.5) is 5.69 Å². The van der Waals surface area contributed by atoms with Gasteiger partial charge in [0.25, 0.3) is 0 Å². The molecule has 0 radical (unpaired) electrons. The van der Waals surface area contributed by atoms with Crippen molar-refractivity contribution in [3.8, 4) is 0 Å². The molecule has 1 rings (SSSR count). The zero-order chi connectivity index (χ0) is 17.4. The molecule has 24 heavy (non-hydrogen) atoms. The van der Waals surface area contributed by atoms with Crippen LogP contribution < -0.4 is 16.4 Å². The van der Waals surface area contributed by atoms with Crippen LogP contribution in [0.15, 0.2) is 12.4 Å². The lowest BCUT2D eigenvalue weighted by Crippen LogP contribution is -2.40. The maximum atomic E-state index is 12.0. The zero-order valence-corrected chi connectivity index (χ0v) is 15.6. The molecule has 2 unspecified atom stereocenters. The second kappa shape index (κ2) is 11.0. The van der Waals surface area contributed by atoms with Gasteiger partial charge in [-0.1, -0.05) is 20.3 Å². The van der Waals surface area contributed by atoms with Crippen molar-refractivity contribution in [2.24, 2.45) is 11.7 Å². The molecule has 0 spiro atoms. The molecule has 1 heterocycles. The van der Waals surface area contributed by atoms with E-state index < -0.39 is 6.04 Å². The van der Waals surface area contributed by atoms with Crippen molar-refractivity contribution >= 4 is 29.9 Å². The highest BCUT2D eigenvalue weighted by atomic mass is 35.5. The van der Waals surface area contributed by atoms with Gasteiger partial charge in [0.1, 0.15) is 6.54 Å². The Labute approximate surface area is 149 Å². The van der Waals surface area contributed by atoms with Crippen LogP contribution >= 0.6 is 12.4 Å². The summed E-state index contributed by atoms with van der Waals surface area (Å²) in [5.74, 6) is -0.258. The minimum absolute atomic E-state index is 0. The van der Waals surface area contributed by atoms with E-state index in [4.69, 9.17) is 5.73 Å². The summed E-state index contributed by atoms with van der Waals surface area (Å²) in [6.45, 7) is 5.40. The number of likely N-dealkylation sites (N-methyl/N-ethyl adjacent to an activating group) is 1. The Kier molecular flexibility index (Phi) is 10.3. The number of amides is 2. The Hall–Kier alpha value is -1.64. The first-order valence-corrected chi connectivity index (χ1v) is 7.83. The van der Waals surface area contributed by atoms with Crippen LogP contribution in [0.5, 0.6) is 0 Å². The molecular formula is C15H29ClN6O2. The summed E-state index contributed by atoms with van der Waals surface area (Å²) in [6.07, 6.45) is 3.96. The molecule has 0 aliphatic heterocycles. The number of hydrogen-bond acceptors (Lipinski definition) is 5. The summed E-state index contributed by atoms with van der Waals surface area (Å²) < 4.78 is 1.48. The third kappa shape index (κ3) is 7.76. The van der Waals surface area contributed by atoms with Gasteiger partial charge in [-0.25, -0.2) is 0 Å². The highest BCUT2D eigenvalue weighted by molar-refractivity contribution is 5.94. The molecule has 0 fully saturated rings. The molecule has 9 heteroatoms. The maximum Gasteiger partial charge on any atom is 0.241 e. The Morgan fingerprint density at radius 1 is 1.42 bits per heavy atom. The first-order chi connectivity index (χ1) is 10.8. The first kappa shape index (κ1) is 22.4. The summed E-state index contributed by atoms with van der Waals surface area (Å²) in [7, 11) is 3.89. The fourth-order valence-electron chi connectivity index (χ4n) is 1.87. The number of carbonyl (C=O) groups is 2. The van der Waals surface area contributed by atoms with Gasteiger partial charge in [-0.3, -0.25) is 14.3 Å². The highest BCUT2D eigenvalue weighted by Gasteiger charge is 2.19. The normalized spacial score (nSPS) is 13.1. The zero-order valence-electron chi connectivity index (χ0n) is 14.8. The number of nitrogens with two attached hydrogens (primary N) is 1. The van der Waals surface area contributed by atoms with E-state index in [2.05, 4.69) is 15.7 Å². The molecule has 0 aliphatic carbocycles. The Balaban J connectivity index is 0.00000529. The molecule has 1 aromatic rings. The summed E-state index contributed by atoms with van der Waals surface area (Å²) >= 11 is 0. The molecule has 2 amide bonds. The molecule has 0 bridgehead atoms. The second-order valence-corrected chi connectivity index (χ2v) is 5.98. The van der Waals surface area contributed by atoms with Crippen molar-refractivity contribution in [3.63, 3.8) is 0 Å². The van der Waals surface area contributed by atoms with Gasteiger partial charge in [0.15, 0.2) is 0 Å². The SMILES string of the molecule is CCC(C)C(N)C(=O)Nc1cnn(CC(=O)NCCN(C)C)c1.Cl. The molecule has 8 nitrogen and oxygen atoms in total. The van der Waals surface area contributed by atoms with Gasteiger partial charge in [0, 0.05) is 19.3 Å². The molecule has 0 aliphatic rings. The molecule has 0 saturated carbocycles. The fourth-order valence-corrected chi connectivity index (χ4v) is 1.87. The third-order valence-corrected chi connectivity index (χ3v) is 3.65. The minimum Gasteiger partial charge on any atom is -0.353 e. The minimum atomic E-state index is -0.558. The van der Waals surface area contributed by atoms with E-state index in [0.717, 1.165) is 13.0 Å². The fraction of sp³-hybridized carbons (Fsp3) is 0.667. The quantitative estimate of drug-likeness (QED) is 0.587. The monoisotopic (exact) mass is 360 g/mol. The van der Waals surface area contributed by atoms with Crippen molar-refractivity contribution in [2.75, 3.05) is 32.5 Å². The average molecular weight is 361 g/mol. The first-order valence-electron chi connectivity index (χ1n) is 7.83. The lowest BCUT2D eigenvalue weighted by molar-refractivity contribution is -0.122. The maximum absolute atomic E-state index is 12.0. The van der Waals surface area contributed by atoms with E-state index in [1.54, 1.807) is 6.20 Å². The van der Waals surface area contributed by atoms with E-state index in [-0.39, 0.29) is 36.7 Å². The lowest BCUT2D eigenvalue weighted by Gasteiger charge is -2.16. The summed E-state index contributed by atoms with van der Waals surface area (Å²) in [4.78, 5) is 25.7. The van der Waals surface area contributed by atoms with E-state index in [9.17, 15) is 9.59 Å². The smallest absolute Gasteiger partial charge is 0.241 e. The molecule has 0 aromatic carbocycles. The Morgan fingerprint density at radius 3 is 2.67 bits per heavy atom. The Morgan fingerprint density at radius 2 is 2.08 bits per heavy atom. The van der Waals surface area contributed by atoms with Gasteiger partial charge in [-0.15, -0.1) is 12.4 Å². The van der Waals surface area contributed by atoms with E-state index >= 15 is 0 Å². The van der Waals surface area contributed by atoms with Gasteiger partial charge < -0.3 is 21.3 Å². The van der Waals surface area contributed by atoms with Crippen LogP contribution in [0.3, 0.4) is 0 Å². The number of hydrogen-bond donors (Lipinski definition) is 3. The third-order valence-electron chi connectivity index (χ3n) is 3.65. The van der Waals surface area contributed by atoms with Crippen LogP contribution in [0.1, 0.15) is 20.3 Å². The molecule has 1 aromatic heterocycles. The molecule has 2 atom stereocenters. The highest BCUT2D eigenvalue weighted by Crippen LogP contribution is 2.10. The Bertz CT molecular complexity index is 520. The lowest BCUT2D eigenvalue weighted by atomic mass is 9.99. The summed E-state index contributed by atoms with van der Waals surface area (Å²) in [6, 6.07) is -0.558.